The Morgan fingerprint density at radius 2 is 1.90 bits per heavy atom. The number of fused-ring (bicyclic) bond motifs is 1. The Hall–Kier alpha value is -3.81. The van der Waals surface area contributed by atoms with E-state index < -0.39 is 5.97 Å². The summed E-state index contributed by atoms with van der Waals surface area (Å²) in [7, 11) is 0. The molecule has 0 radical (unpaired) electrons. The van der Waals surface area contributed by atoms with E-state index in [2.05, 4.69) is 15.1 Å². The van der Waals surface area contributed by atoms with E-state index in [1.54, 1.807) is 12.1 Å². The van der Waals surface area contributed by atoms with Crippen LogP contribution in [0.3, 0.4) is 0 Å². The van der Waals surface area contributed by atoms with Gasteiger partial charge in [-0.1, -0.05) is 42.5 Å². The Bertz CT molecular complexity index is 1220. The molecule has 0 aliphatic carbocycles. The maximum atomic E-state index is 12.4. The molecule has 1 amide bonds. The third-order valence-electron chi connectivity index (χ3n) is 5.10. The average molecular weight is 418 g/mol. The van der Waals surface area contributed by atoms with Crippen molar-refractivity contribution in [2.45, 2.75) is 32.8 Å². The van der Waals surface area contributed by atoms with E-state index in [0.29, 0.717) is 23.9 Å². The molecule has 2 heterocycles. The lowest BCUT2D eigenvalue weighted by atomic mass is 10.1. The third kappa shape index (κ3) is 4.69. The average Bonchev–Trinajstić information content (AvgIpc) is 3.28. The molecule has 0 saturated carbocycles. The minimum atomic E-state index is -0.535. The smallest absolute Gasteiger partial charge is 0.306 e. The zero-order chi connectivity index (χ0) is 21.8. The van der Waals surface area contributed by atoms with Crippen LogP contribution >= 0.6 is 0 Å². The van der Waals surface area contributed by atoms with Crippen molar-refractivity contribution in [3.8, 4) is 0 Å². The van der Waals surface area contributed by atoms with Crippen molar-refractivity contribution in [3.63, 3.8) is 0 Å². The second-order valence-corrected chi connectivity index (χ2v) is 7.32. The second kappa shape index (κ2) is 8.91. The third-order valence-corrected chi connectivity index (χ3v) is 5.10. The van der Waals surface area contributed by atoms with E-state index in [1.807, 2.05) is 43.3 Å². The number of carbonyl (C=O) groups excluding carboxylic acids is 2. The number of hydrogen-bond donors (Lipinski definition) is 1. The van der Waals surface area contributed by atoms with Crippen LogP contribution < -0.4 is 5.56 Å². The van der Waals surface area contributed by atoms with Gasteiger partial charge in [0.25, 0.3) is 5.56 Å². The first-order valence-electron chi connectivity index (χ1n) is 10.1. The lowest BCUT2D eigenvalue weighted by molar-refractivity contribution is -0.147. The summed E-state index contributed by atoms with van der Waals surface area (Å²) in [5.41, 5.74) is 3.01. The van der Waals surface area contributed by atoms with Gasteiger partial charge in [-0.25, -0.2) is 9.99 Å². The summed E-state index contributed by atoms with van der Waals surface area (Å²) in [6, 6.07) is 15.0. The molecule has 0 spiro atoms. The van der Waals surface area contributed by atoms with Crippen LogP contribution in [0.25, 0.3) is 10.9 Å². The molecule has 1 N–H and O–H groups in total. The number of nitrogens with zero attached hydrogens (tertiary/aromatic N) is 3. The first kappa shape index (κ1) is 20.5. The van der Waals surface area contributed by atoms with Crippen LogP contribution in [0.1, 0.15) is 36.2 Å². The molecular weight excluding hydrogens is 396 g/mol. The molecule has 0 fully saturated rings. The van der Waals surface area contributed by atoms with Gasteiger partial charge in [0.15, 0.2) is 0 Å². The fourth-order valence-electron chi connectivity index (χ4n) is 3.45. The maximum Gasteiger partial charge on any atom is 0.306 e. The van der Waals surface area contributed by atoms with Crippen LogP contribution in [0.5, 0.6) is 0 Å². The minimum Gasteiger partial charge on any atom is -0.458 e. The summed E-state index contributed by atoms with van der Waals surface area (Å²) < 4.78 is 5.20. The molecule has 3 aromatic rings. The van der Waals surface area contributed by atoms with Crippen molar-refractivity contribution in [1.82, 2.24) is 15.0 Å². The van der Waals surface area contributed by atoms with Gasteiger partial charge in [0.2, 0.25) is 5.91 Å². The monoisotopic (exact) mass is 418 g/mol. The van der Waals surface area contributed by atoms with Gasteiger partial charge < -0.3 is 9.72 Å². The number of aryl methyl sites for hydroxylation is 1. The molecule has 158 valence electrons. The highest BCUT2D eigenvalue weighted by molar-refractivity contribution is 6.02. The number of carbonyl (C=O) groups is 2. The minimum absolute atomic E-state index is 0.00514. The summed E-state index contributed by atoms with van der Waals surface area (Å²) in [4.78, 5) is 43.7. The van der Waals surface area contributed by atoms with E-state index in [-0.39, 0.29) is 36.7 Å². The Balaban J connectivity index is 1.30. The van der Waals surface area contributed by atoms with Gasteiger partial charge in [0.05, 0.1) is 29.6 Å². The van der Waals surface area contributed by atoms with E-state index >= 15 is 0 Å². The SMILES string of the molecule is Cc1cccc2c(=O)[nH]c(COC(=O)CCC(=O)N3CCC(c4ccccc4)=N3)nc12. The number of esters is 1. The number of hydrazone groups is 1. The summed E-state index contributed by atoms with van der Waals surface area (Å²) >= 11 is 0. The quantitative estimate of drug-likeness (QED) is 0.620. The molecule has 0 bridgehead atoms. The number of nitrogens with one attached hydrogen (secondary N) is 1. The molecule has 31 heavy (non-hydrogen) atoms. The van der Waals surface area contributed by atoms with Gasteiger partial charge >= 0.3 is 5.97 Å². The van der Waals surface area contributed by atoms with E-state index in [9.17, 15) is 14.4 Å². The number of hydrogen-bond acceptors (Lipinski definition) is 6. The molecule has 8 heteroatoms. The predicted octanol–water partition coefficient (Wildman–Crippen LogP) is 2.69. The van der Waals surface area contributed by atoms with Crippen LogP contribution in [0.15, 0.2) is 58.4 Å². The highest BCUT2D eigenvalue weighted by atomic mass is 16.5. The second-order valence-electron chi connectivity index (χ2n) is 7.32. The number of rotatable bonds is 6. The summed E-state index contributed by atoms with van der Waals surface area (Å²) in [5.74, 6) is -0.494. The molecule has 1 aromatic heterocycles. The number of H-pyrrole nitrogens is 1. The van der Waals surface area contributed by atoms with Crippen LogP contribution in [0, 0.1) is 6.92 Å². The van der Waals surface area contributed by atoms with Gasteiger partial charge in [-0.2, -0.15) is 5.10 Å². The Morgan fingerprint density at radius 1 is 1.10 bits per heavy atom. The molecule has 1 aliphatic heterocycles. The van der Waals surface area contributed by atoms with Crippen molar-refractivity contribution in [1.29, 1.82) is 0 Å². The Labute approximate surface area is 178 Å². The fourth-order valence-corrected chi connectivity index (χ4v) is 3.45. The zero-order valence-corrected chi connectivity index (χ0v) is 17.1. The number of aromatic amines is 1. The number of aromatic nitrogens is 2. The van der Waals surface area contributed by atoms with Crippen molar-refractivity contribution in [2.24, 2.45) is 5.10 Å². The molecule has 0 unspecified atom stereocenters. The highest BCUT2D eigenvalue weighted by Crippen LogP contribution is 2.15. The highest BCUT2D eigenvalue weighted by Gasteiger charge is 2.22. The summed E-state index contributed by atoms with van der Waals surface area (Å²) in [5, 5.41) is 6.27. The molecule has 4 rings (SSSR count). The zero-order valence-electron chi connectivity index (χ0n) is 17.1. The molecule has 1 aliphatic rings. The van der Waals surface area contributed by atoms with Crippen LogP contribution in [0.4, 0.5) is 0 Å². The van der Waals surface area contributed by atoms with Crippen LogP contribution in [0.2, 0.25) is 0 Å². The lowest BCUT2D eigenvalue weighted by Crippen LogP contribution is -2.24. The molecule has 8 nitrogen and oxygen atoms in total. The topological polar surface area (TPSA) is 105 Å². The Morgan fingerprint density at radius 3 is 2.71 bits per heavy atom. The van der Waals surface area contributed by atoms with Crippen molar-refractivity contribution < 1.29 is 14.3 Å². The number of ether oxygens (including phenoxy) is 1. The molecule has 0 atom stereocenters. The van der Waals surface area contributed by atoms with Gasteiger partial charge in [-0.3, -0.25) is 14.4 Å². The lowest BCUT2D eigenvalue weighted by Gasteiger charge is -2.11. The van der Waals surface area contributed by atoms with Gasteiger partial charge in [-0.05, 0) is 24.1 Å². The van der Waals surface area contributed by atoms with Crippen molar-refractivity contribution in [3.05, 3.63) is 75.8 Å². The largest absolute Gasteiger partial charge is 0.458 e. The van der Waals surface area contributed by atoms with Crippen LogP contribution in [-0.4, -0.2) is 39.1 Å². The van der Waals surface area contributed by atoms with E-state index in [0.717, 1.165) is 16.8 Å². The van der Waals surface area contributed by atoms with E-state index in [4.69, 9.17) is 4.74 Å². The number of amides is 1. The fraction of sp³-hybridized carbons (Fsp3) is 0.261. The standard InChI is InChI=1S/C23H22N4O4/c1-15-6-5-9-17-22(15)24-19(25-23(17)30)14-31-21(29)11-10-20(28)27-13-12-18(26-27)16-7-3-2-4-8-16/h2-9H,10-14H2,1H3,(H,24,25,30). The normalized spacial score (nSPS) is 13.3. The first-order chi connectivity index (χ1) is 15.0. The van der Waals surface area contributed by atoms with Gasteiger partial charge in [0, 0.05) is 12.8 Å². The Kier molecular flexibility index (Phi) is 5.88. The molecule has 2 aromatic carbocycles. The van der Waals surface area contributed by atoms with Crippen molar-refractivity contribution in [2.75, 3.05) is 6.54 Å². The first-order valence-corrected chi connectivity index (χ1v) is 10.1. The summed E-state index contributed by atoms with van der Waals surface area (Å²) in [6.45, 7) is 2.20. The number of benzene rings is 2. The molecular formula is C23H22N4O4. The number of para-hydroxylation sites is 1. The maximum absolute atomic E-state index is 12.4. The van der Waals surface area contributed by atoms with Gasteiger partial charge in [0.1, 0.15) is 12.4 Å². The van der Waals surface area contributed by atoms with Crippen molar-refractivity contribution >= 4 is 28.5 Å². The van der Waals surface area contributed by atoms with Crippen LogP contribution in [-0.2, 0) is 20.9 Å². The summed E-state index contributed by atoms with van der Waals surface area (Å²) in [6.07, 6.45) is 0.619. The molecule has 0 saturated heterocycles. The predicted molar refractivity (Wildman–Crippen MR) is 115 cm³/mol. The van der Waals surface area contributed by atoms with Gasteiger partial charge in [-0.15, -0.1) is 0 Å². The van der Waals surface area contributed by atoms with E-state index in [1.165, 1.54) is 5.01 Å².